The molecule has 2 heterocycles. The Morgan fingerprint density at radius 1 is 1.08 bits per heavy atom. The van der Waals surface area contributed by atoms with E-state index in [4.69, 9.17) is 0 Å². The summed E-state index contributed by atoms with van der Waals surface area (Å²) in [5.41, 5.74) is 0.739. The van der Waals surface area contributed by atoms with Crippen LogP contribution in [0.3, 0.4) is 0 Å². The number of halogens is 1. The van der Waals surface area contributed by atoms with Crippen molar-refractivity contribution < 1.29 is 4.39 Å². The van der Waals surface area contributed by atoms with Crippen LogP contribution >= 0.6 is 11.8 Å². The highest BCUT2D eigenvalue weighted by atomic mass is 32.2. The lowest BCUT2D eigenvalue weighted by Crippen LogP contribution is -2.22. The number of aromatic nitrogens is 4. The minimum absolute atomic E-state index is 0.0595. The molecule has 0 fully saturated rings. The van der Waals surface area contributed by atoms with Crippen LogP contribution < -0.4 is 5.56 Å². The Labute approximate surface area is 147 Å². The number of benzene rings is 2. The van der Waals surface area contributed by atoms with Crippen molar-refractivity contribution in [3.63, 3.8) is 0 Å². The summed E-state index contributed by atoms with van der Waals surface area (Å²) in [7, 11) is 0. The van der Waals surface area contributed by atoms with Gasteiger partial charge in [0, 0.05) is 11.4 Å². The molecule has 0 atom stereocenters. The van der Waals surface area contributed by atoms with Gasteiger partial charge in [-0.05, 0) is 43.3 Å². The first kappa shape index (κ1) is 15.8. The highest BCUT2D eigenvalue weighted by Gasteiger charge is 2.15. The molecule has 0 radical (unpaired) electrons. The molecule has 0 N–H and O–H groups in total. The van der Waals surface area contributed by atoms with E-state index in [1.165, 1.54) is 12.1 Å². The van der Waals surface area contributed by atoms with Crippen molar-refractivity contribution in [1.82, 2.24) is 19.2 Å². The van der Waals surface area contributed by atoms with Crippen molar-refractivity contribution in [3.05, 3.63) is 70.5 Å². The van der Waals surface area contributed by atoms with E-state index in [1.54, 1.807) is 28.5 Å². The van der Waals surface area contributed by atoms with E-state index in [-0.39, 0.29) is 11.4 Å². The number of para-hydroxylation sites is 1. The molecule has 2 aromatic carbocycles. The highest BCUT2D eigenvalue weighted by Crippen LogP contribution is 2.24. The first-order valence-electron chi connectivity index (χ1n) is 7.93. The molecule has 25 heavy (non-hydrogen) atoms. The molecular formula is C18H15FN4OS. The number of hydrogen-bond donors (Lipinski definition) is 0. The first-order chi connectivity index (χ1) is 12.2. The molecule has 0 bridgehead atoms. The second-order valence-corrected chi connectivity index (χ2v) is 6.61. The second-order valence-electron chi connectivity index (χ2n) is 5.56. The summed E-state index contributed by atoms with van der Waals surface area (Å²) in [6, 6.07) is 13.8. The molecule has 0 saturated carbocycles. The van der Waals surface area contributed by atoms with Crippen LogP contribution in [-0.2, 0) is 12.3 Å². The van der Waals surface area contributed by atoms with Crippen LogP contribution in [0.1, 0.15) is 12.7 Å². The average molecular weight is 354 g/mol. The molecule has 4 rings (SSSR count). The van der Waals surface area contributed by atoms with Crippen molar-refractivity contribution >= 4 is 28.4 Å². The molecule has 0 aliphatic heterocycles. The van der Waals surface area contributed by atoms with Crippen LogP contribution in [0.25, 0.3) is 16.7 Å². The molecule has 0 spiro atoms. The Kier molecular flexibility index (Phi) is 4.01. The zero-order chi connectivity index (χ0) is 17.4. The van der Waals surface area contributed by atoms with Gasteiger partial charge >= 0.3 is 0 Å². The van der Waals surface area contributed by atoms with Crippen molar-refractivity contribution in [2.24, 2.45) is 0 Å². The number of rotatable bonds is 4. The lowest BCUT2D eigenvalue weighted by atomic mass is 10.2. The quantitative estimate of drug-likeness (QED) is 0.527. The smallest absolute Gasteiger partial charge is 0.262 e. The predicted molar refractivity (Wildman–Crippen MR) is 96.4 cm³/mol. The molecular weight excluding hydrogens is 339 g/mol. The van der Waals surface area contributed by atoms with Crippen LogP contribution in [0, 0.1) is 5.82 Å². The van der Waals surface area contributed by atoms with Gasteiger partial charge in [-0.3, -0.25) is 13.8 Å². The number of hydrogen-bond acceptors (Lipinski definition) is 4. The largest absolute Gasteiger partial charge is 0.277 e. The summed E-state index contributed by atoms with van der Waals surface area (Å²) in [5.74, 6) is 1.61. The highest BCUT2D eigenvalue weighted by molar-refractivity contribution is 7.98. The number of fused-ring (bicyclic) bond motifs is 3. The van der Waals surface area contributed by atoms with E-state index in [2.05, 4.69) is 10.2 Å². The van der Waals surface area contributed by atoms with Gasteiger partial charge in [0.25, 0.3) is 5.56 Å². The monoisotopic (exact) mass is 354 g/mol. The Bertz CT molecular complexity index is 1120. The molecule has 0 saturated heterocycles. The zero-order valence-electron chi connectivity index (χ0n) is 13.5. The predicted octanol–water partition coefficient (Wildman–Crippen LogP) is 3.50. The zero-order valence-corrected chi connectivity index (χ0v) is 14.3. The minimum Gasteiger partial charge on any atom is -0.277 e. The third-order valence-corrected chi connectivity index (χ3v) is 5.08. The van der Waals surface area contributed by atoms with E-state index in [0.29, 0.717) is 23.5 Å². The molecule has 0 amide bonds. The summed E-state index contributed by atoms with van der Waals surface area (Å²) in [6.07, 6.45) is 0. The number of thioether (sulfide) groups is 1. The summed E-state index contributed by atoms with van der Waals surface area (Å²) < 4.78 is 16.6. The van der Waals surface area contributed by atoms with Gasteiger partial charge in [-0.15, -0.1) is 22.0 Å². The van der Waals surface area contributed by atoms with Gasteiger partial charge in [-0.2, -0.15) is 0 Å². The summed E-state index contributed by atoms with van der Waals surface area (Å²) in [4.78, 5) is 13.6. The maximum atomic E-state index is 13.0. The normalized spacial score (nSPS) is 11.4. The Balaban J connectivity index is 1.84. The minimum atomic E-state index is -0.254. The standard InChI is InChI=1S/C18H15FN4OS/c1-2-22-17(24)14-5-3-4-6-15(14)23-16(20-21-18(22)23)11-25-13-9-7-12(19)8-10-13/h3-10H,2,11H2,1H3. The molecule has 7 heteroatoms. The van der Waals surface area contributed by atoms with Gasteiger partial charge < -0.3 is 0 Å². The van der Waals surface area contributed by atoms with E-state index in [0.717, 1.165) is 16.2 Å². The molecule has 4 aromatic rings. The summed E-state index contributed by atoms with van der Waals surface area (Å²) in [6.45, 7) is 2.44. The molecule has 5 nitrogen and oxygen atoms in total. The molecule has 0 aliphatic rings. The van der Waals surface area contributed by atoms with E-state index in [9.17, 15) is 9.18 Å². The number of aryl methyl sites for hydroxylation is 1. The fraction of sp³-hybridized carbons (Fsp3) is 0.167. The van der Waals surface area contributed by atoms with Gasteiger partial charge in [0.15, 0.2) is 0 Å². The molecule has 2 aromatic heterocycles. The summed E-state index contributed by atoms with van der Waals surface area (Å²) >= 11 is 1.55. The Morgan fingerprint density at radius 2 is 1.84 bits per heavy atom. The van der Waals surface area contributed by atoms with Gasteiger partial charge in [-0.1, -0.05) is 12.1 Å². The fourth-order valence-corrected chi connectivity index (χ4v) is 3.68. The average Bonchev–Trinajstić information content (AvgIpc) is 3.06. The van der Waals surface area contributed by atoms with Crippen LogP contribution in [0.4, 0.5) is 4.39 Å². The molecule has 126 valence electrons. The molecule has 0 aliphatic carbocycles. The summed E-state index contributed by atoms with van der Waals surface area (Å²) in [5, 5.41) is 9.16. The van der Waals surface area contributed by atoms with Crippen molar-refractivity contribution in [3.8, 4) is 0 Å². The SMILES string of the molecule is CCn1c(=O)c2ccccc2n2c(CSc3ccc(F)cc3)nnc12. The van der Waals surface area contributed by atoms with E-state index < -0.39 is 0 Å². The number of nitrogens with zero attached hydrogens (tertiary/aromatic N) is 4. The van der Waals surface area contributed by atoms with Crippen LogP contribution in [0.5, 0.6) is 0 Å². The lowest BCUT2D eigenvalue weighted by Gasteiger charge is -2.09. The van der Waals surface area contributed by atoms with E-state index in [1.807, 2.05) is 35.6 Å². The second kappa shape index (κ2) is 6.33. The van der Waals surface area contributed by atoms with Gasteiger partial charge in [-0.25, -0.2) is 4.39 Å². The maximum Gasteiger partial charge on any atom is 0.262 e. The maximum absolute atomic E-state index is 13.0. The van der Waals surface area contributed by atoms with Gasteiger partial charge in [0.05, 0.1) is 16.7 Å². The third-order valence-electron chi connectivity index (χ3n) is 4.07. The van der Waals surface area contributed by atoms with Crippen molar-refractivity contribution in [2.45, 2.75) is 24.1 Å². The first-order valence-corrected chi connectivity index (χ1v) is 8.91. The van der Waals surface area contributed by atoms with E-state index >= 15 is 0 Å². The van der Waals surface area contributed by atoms with Crippen LogP contribution in [0.15, 0.2) is 58.2 Å². The topological polar surface area (TPSA) is 52.2 Å². The van der Waals surface area contributed by atoms with Crippen LogP contribution in [0.2, 0.25) is 0 Å². The Hall–Kier alpha value is -2.67. The molecule has 0 unspecified atom stereocenters. The van der Waals surface area contributed by atoms with Crippen molar-refractivity contribution in [1.29, 1.82) is 0 Å². The van der Waals surface area contributed by atoms with Gasteiger partial charge in [0.2, 0.25) is 5.78 Å². The van der Waals surface area contributed by atoms with Gasteiger partial charge in [0.1, 0.15) is 11.6 Å². The van der Waals surface area contributed by atoms with Crippen LogP contribution in [-0.4, -0.2) is 19.2 Å². The lowest BCUT2D eigenvalue weighted by molar-refractivity contribution is 0.626. The van der Waals surface area contributed by atoms with Crippen molar-refractivity contribution in [2.75, 3.05) is 0 Å². The fourth-order valence-electron chi connectivity index (χ4n) is 2.87. The Morgan fingerprint density at radius 3 is 2.60 bits per heavy atom. The third kappa shape index (κ3) is 2.70.